The number of nitrogens with zero attached hydrogens (tertiary/aromatic N) is 4. The molecular weight excluding hydrogens is 206 g/mol. The number of rotatable bonds is 2. The third-order valence-corrected chi connectivity index (χ3v) is 1.99. The first-order valence-electron chi connectivity index (χ1n) is 4.51. The van der Waals surface area contributed by atoms with Gasteiger partial charge in [0.25, 0.3) is 5.56 Å². The van der Waals surface area contributed by atoms with E-state index in [-0.39, 0.29) is 5.69 Å². The average Bonchev–Trinajstić information content (AvgIpc) is 2.31. The molecule has 0 aliphatic rings. The maximum Gasteiger partial charge on any atom is 0.264 e. The second-order valence-corrected chi connectivity index (χ2v) is 3.02. The number of nitrogens with one attached hydrogen (secondary N) is 1. The lowest BCUT2D eigenvalue weighted by molar-refractivity contribution is 0.993. The lowest BCUT2D eigenvalue weighted by Gasteiger charge is -2.02. The Morgan fingerprint density at radius 1 is 1.31 bits per heavy atom. The van der Waals surface area contributed by atoms with Crippen molar-refractivity contribution in [3.63, 3.8) is 0 Å². The highest BCUT2D eigenvalue weighted by Gasteiger charge is 2.05. The Labute approximate surface area is 90.2 Å². The minimum absolute atomic E-state index is 0.220. The zero-order chi connectivity index (χ0) is 11.4. The van der Waals surface area contributed by atoms with Crippen molar-refractivity contribution in [1.82, 2.24) is 10.2 Å². The van der Waals surface area contributed by atoms with Crippen molar-refractivity contribution >= 4 is 5.69 Å². The molecule has 0 saturated carbocycles. The number of azide groups is 1. The van der Waals surface area contributed by atoms with Crippen molar-refractivity contribution in [1.29, 1.82) is 0 Å². The third kappa shape index (κ3) is 1.92. The monoisotopic (exact) mass is 213 g/mol. The molecule has 1 N–H and O–H groups in total. The number of H-pyrrole nitrogens is 1. The summed E-state index contributed by atoms with van der Waals surface area (Å²) < 4.78 is 0. The predicted octanol–water partition coefficient (Wildman–Crippen LogP) is 2.38. The second kappa shape index (κ2) is 4.29. The molecule has 6 heteroatoms. The summed E-state index contributed by atoms with van der Waals surface area (Å²) in [4.78, 5) is 13.7. The largest absolute Gasteiger partial charge is 0.268 e. The van der Waals surface area contributed by atoms with Gasteiger partial charge in [0.05, 0.1) is 5.69 Å². The van der Waals surface area contributed by atoms with Gasteiger partial charge in [-0.15, -0.1) is 0 Å². The molecule has 0 aliphatic heterocycles. The number of aromatic amines is 1. The molecule has 2 rings (SSSR count). The third-order valence-electron chi connectivity index (χ3n) is 1.99. The van der Waals surface area contributed by atoms with Gasteiger partial charge < -0.3 is 0 Å². The molecule has 0 aliphatic carbocycles. The fourth-order valence-electron chi connectivity index (χ4n) is 1.33. The molecule has 2 aromatic rings. The number of aromatic nitrogens is 2. The molecule has 0 radical (unpaired) electrons. The van der Waals surface area contributed by atoms with Crippen LogP contribution < -0.4 is 5.56 Å². The number of hydrogen-bond acceptors (Lipinski definition) is 3. The van der Waals surface area contributed by atoms with Gasteiger partial charge in [-0.2, -0.15) is 5.10 Å². The zero-order valence-electron chi connectivity index (χ0n) is 8.16. The van der Waals surface area contributed by atoms with E-state index in [2.05, 4.69) is 20.2 Å². The Bertz CT molecular complexity index is 598. The fourth-order valence-corrected chi connectivity index (χ4v) is 1.33. The highest BCUT2D eigenvalue weighted by molar-refractivity contribution is 5.70. The Morgan fingerprint density at radius 2 is 2.06 bits per heavy atom. The van der Waals surface area contributed by atoms with Gasteiger partial charge in [0.2, 0.25) is 0 Å². The number of benzene rings is 1. The predicted molar refractivity (Wildman–Crippen MR) is 59.1 cm³/mol. The van der Waals surface area contributed by atoms with Crippen LogP contribution in [-0.2, 0) is 0 Å². The fraction of sp³-hybridized carbons (Fsp3) is 0. The van der Waals surface area contributed by atoms with Crippen LogP contribution >= 0.6 is 0 Å². The molecule has 78 valence electrons. The van der Waals surface area contributed by atoms with Crippen molar-refractivity contribution in [3.8, 4) is 11.3 Å². The first-order chi connectivity index (χ1) is 7.81. The van der Waals surface area contributed by atoms with Crippen LogP contribution in [-0.4, -0.2) is 10.2 Å². The summed E-state index contributed by atoms with van der Waals surface area (Å²) >= 11 is 0. The quantitative estimate of drug-likeness (QED) is 0.471. The maximum absolute atomic E-state index is 11.0. The lowest BCUT2D eigenvalue weighted by Crippen LogP contribution is -2.06. The zero-order valence-corrected chi connectivity index (χ0v) is 8.16. The van der Waals surface area contributed by atoms with E-state index in [1.807, 2.05) is 30.3 Å². The molecule has 6 nitrogen and oxygen atoms in total. The molecule has 0 atom stereocenters. The van der Waals surface area contributed by atoms with E-state index in [4.69, 9.17) is 5.53 Å². The van der Waals surface area contributed by atoms with Gasteiger partial charge in [0.15, 0.2) is 0 Å². The molecular formula is C10H7N5O. The van der Waals surface area contributed by atoms with Crippen LogP contribution in [0.5, 0.6) is 0 Å². The van der Waals surface area contributed by atoms with Crippen LogP contribution in [0.25, 0.3) is 21.7 Å². The van der Waals surface area contributed by atoms with Crippen molar-refractivity contribution in [2.75, 3.05) is 0 Å². The highest BCUT2D eigenvalue weighted by Crippen LogP contribution is 2.25. The van der Waals surface area contributed by atoms with Gasteiger partial charge in [-0.1, -0.05) is 35.4 Å². The van der Waals surface area contributed by atoms with E-state index in [9.17, 15) is 4.79 Å². The topological polar surface area (TPSA) is 94.5 Å². The van der Waals surface area contributed by atoms with Crippen molar-refractivity contribution in [3.05, 3.63) is 57.2 Å². The average molecular weight is 213 g/mol. The van der Waals surface area contributed by atoms with Crippen LogP contribution in [0.2, 0.25) is 0 Å². The summed E-state index contributed by atoms with van der Waals surface area (Å²) in [6, 6.07) is 10.4. The molecule has 1 heterocycles. The standard InChI is InChI=1S/C10H7N5O/c11-15-12-8-6-9(16)13-14-10(8)7-4-2-1-3-5-7/h1-6H,(H,13,16). The van der Waals surface area contributed by atoms with E-state index < -0.39 is 5.56 Å². The van der Waals surface area contributed by atoms with Crippen molar-refractivity contribution in [2.24, 2.45) is 5.11 Å². The lowest BCUT2D eigenvalue weighted by atomic mass is 10.1. The van der Waals surface area contributed by atoms with E-state index in [0.29, 0.717) is 5.69 Å². The highest BCUT2D eigenvalue weighted by atomic mass is 16.1. The summed E-state index contributed by atoms with van der Waals surface area (Å²) in [6.45, 7) is 0. The minimum Gasteiger partial charge on any atom is -0.268 e. The first kappa shape index (κ1) is 9.95. The number of hydrogen-bond donors (Lipinski definition) is 1. The molecule has 0 bridgehead atoms. The Morgan fingerprint density at radius 3 is 2.75 bits per heavy atom. The molecule has 0 unspecified atom stereocenters. The van der Waals surface area contributed by atoms with Gasteiger partial charge in [0.1, 0.15) is 5.69 Å². The molecule has 0 fully saturated rings. The summed E-state index contributed by atoms with van der Waals surface area (Å²) in [5.41, 5.74) is 9.45. The van der Waals surface area contributed by atoms with Gasteiger partial charge in [-0.25, -0.2) is 5.10 Å². The molecule has 1 aromatic carbocycles. The van der Waals surface area contributed by atoms with Gasteiger partial charge in [0, 0.05) is 16.5 Å². The maximum atomic E-state index is 11.0. The normalized spacial score (nSPS) is 9.50. The Hall–Kier alpha value is -2.59. The second-order valence-electron chi connectivity index (χ2n) is 3.02. The SMILES string of the molecule is [N-]=[N+]=Nc1cc(=O)[nH]nc1-c1ccccc1. The van der Waals surface area contributed by atoms with E-state index >= 15 is 0 Å². The first-order valence-corrected chi connectivity index (χ1v) is 4.51. The Balaban J connectivity index is 2.65. The summed E-state index contributed by atoms with van der Waals surface area (Å²) in [6.07, 6.45) is 0. The van der Waals surface area contributed by atoms with Crippen molar-refractivity contribution in [2.45, 2.75) is 0 Å². The van der Waals surface area contributed by atoms with Crippen molar-refractivity contribution < 1.29 is 0 Å². The summed E-state index contributed by atoms with van der Waals surface area (Å²) in [7, 11) is 0. The van der Waals surface area contributed by atoms with Crippen LogP contribution in [0.15, 0.2) is 46.3 Å². The van der Waals surface area contributed by atoms with E-state index in [0.717, 1.165) is 5.56 Å². The molecule has 0 amide bonds. The Kier molecular flexibility index (Phi) is 2.67. The molecule has 0 spiro atoms. The minimum atomic E-state index is -0.401. The van der Waals surface area contributed by atoms with Crippen LogP contribution in [0.1, 0.15) is 0 Å². The summed E-state index contributed by atoms with van der Waals surface area (Å²) in [5.74, 6) is 0. The molecule has 0 saturated heterocycles. The molecule has 16 heavy (non-hydrogen) atoms. The van der Waals surface area contributed by atoms with Crippen LogP contribution in [0.3, 0.4) is 0 Å². The van der Waals surface area contributed by atoms with E-state index in [1.54, 1.807) is 0 Å². The smallest absolute Gasteiger partial charge is 0.264 e. The van der Waals surface area contributed by atoms with Gasteiger partial charge in [-0.3, -0.25) is 4.79 Å². The van der Waals surface area contributed by atoms with E-state index in [1.165, 1.54) is 6.07 Å². The van der Waals surface area contributed by atoms with Gasteiger partial charge in [-0.05, 0) is 5.53 Å². The van der Waals surface area contributed by atoms with Crippen LogP contribution in [0.4, 0.5) is 5.69 Å². The molecule has 1 aromatic heterocycles. The van der Waals surface area contributed by atoms with Gasteiger partial charge >= 0.3 is 0 Å². The summed E-state index contributed by atoms with van der Waals surface area (Å²) in [5, 5.41) is 9.61. The van der Waals surface area contributed by atoms with Crippen LogP contribution in [0, 0.1) is 0 Å².